The van der Waals surface area contributed by atoms with E-state index in [0.717, 1.165) is 5.69 Å². The number of hydrogen-bond acceptors (Lipinski definition) is 6. The van der Waals surface area contributed by atoms with Crippen LogP contribution in [-0.2, 0) is 10.5 Å². The van der Waals surface area contributed by atoms with E-state index in [1.165, 1.54) is 23.1 Å². The first-order valence-electron chi connectivity index (χ1n) is 5.42. The third-order valence-corrected chi connectivity index (χ3v) is 4.28. The normalized spacial score (nSPS) is 10.4. The lowest BCUT2D eigenvalue weighted by Gasteiger charge is -1.97. The SMILES string of the molecule is NC(=O)CSCc1csc(NC(=O)c2ccc(Br)o2)n1. The molecule has 2 aromatic rings. The summed E-state index contributed by atoms with van der Waals surface area (Å²) >= 11 is 5.82. The van der Waals surface area contributed by atoms with Gasteiger partial charge >= 0.3 is 0 Å². The fourth-order valence-electron chi connectivity index (χ4n) is 1.28. The van der Waals surface area contributed by atoms with Crippen molar-refractivity contribution in [3.63, 3.8) is 0 Å². The Balaban J connectivity index is 1.89. The molecule has 0 radical (unpaired) electrons. The van der Waals surface area contributed by atoms with Gasteiger partial charge in [0.25, 0.3) is 5.91 Å². The summed E-state index contributed by atoms with van der Waals surface area (Å²) in [6, 6.07) is 3.21. The Bertz CT molecular complexity index is 626. The largest absolute Gasteiger partial charge is 0.444 e. The minimum absolute atomic E-state index is 0.205. The molecular formula is C11H10BrN3O3S2. The van der Waals surface area contributed by atoms with Gasteiger partial charge in [-0.25, -0.2) is 4.98 Å². The number of halogens is 1. The monoisotopic (exact) mass is 375 g/mol. The Morgan fingerprint density at radius 3 is 2.95 bits per heavy atom. The first-order valence-corrected chi connectivity index (χ1v) is 8.24. The fourth-order valence-corrected chi connectivity index (χ4v) is 3.06. The van der Waals surface area contributed by atoms with Crippen LogP contribution in [0.15, 0.2) is 26.6 Å². The smallest absolute Gasteiger partial charge is 0.293 e. The number of nitrogens with one attached hydrogen (secondary N) is 1. The molecule has 0 aliphatic rings. The maximum atomic E-state index is 11.8. The Hall–Kier alpha value is -1.32. The van der Waals surface area contributed by atoms with Crippen LogP contribution >= 0.6 is 39.0 Å². The standard InChI is InChI=1S/C11H10BrN3O3S2/c12-8-2-1-7(18-8)10(17)15-11-14-6(4-20-11)3-19-5-9(13)16/h1-2,4H,3,5H2,(H2,13,16)(H,14,15,17). The van der Waals surface area contributed by atoms with E-state index in [1.54, 1.807) is 12.1 Å². The van der Waals surface area contributed by atoms with Crippen LogP contribution in [0, 0.1) is 0 Å². The molecule has 9 heteroatoms. The summed E-state index contributed by atoms with van der Waals surface area (Å²) in [4.78, 5) is 26.7. The lowest BCUT2D eigenvalue weighted by Crippen LogP contribution is -2.13. The van der Waals surface area contributed by atoms with Crippen molar-refractivity contribution in [1.82, 2.24) is 4.98 Å². The van der Waals surface area contributed by atoms with Gasteiger partial charge in [-0.2, -0.15) is 0 Å². The van der Waals surface area contributed by atoms with Crippen LogP contribution in [-0.4, -0.2) is 22.6 Å². The highest BCUT2D eigenvalue weighted by Gasteiger charge is 2.12. The Kier molecular flexibility index (Phi) is 5.21. The molecule has 0 fully saturated rings. The lowest BCUT2D eigenvalue weighted by atomic mass is 10.4. The number of nitrogens with zero attached hydrogens (tertiary/aromatic N) is 1. The number of thiazole rings is 1. The van der Waals surface area contributed by atoms with E-state index < -0.39 is 0 Å². The number of rotatable bonds is 6. The zero-order valence-electron chi connectivity index (χ0n) is 10.1. The minimum Gasteiger partial charge on any atom is -0.444 e. The van der Waals surface area contributed by atoms with Gasteiger partial charge < -0.3 is 10.2 Å². The van der Waals surface area contributed by atoms with Gasteiger partial charge in [0.1, 0.15) is 0 Å². The van der Waals surface area contributed by atoms with Gasteiger partial charge in [-0.15, -0.1) is 23.1 Å². The van der Waals surface area contributed by atoms with Crippen molar-refractivity contribution in [1.29, 1.82) is 0 Å². The predicted molar refractivity (Wildman–Crippen MR) is 81.8 cm³/mol. The molecule has 0 aromatic carbocycles. The summed E-state index contributed by atoms with van der Waals surface area (Å²) in [6.07, 6.45) is 0. The number of hydrogen-bond donors (Lipinski definition) is 2. The van der Waals surface area contributed by atoms with Gasteiger partial charge in [0.2, 0.25) is 5.91 Å². The number of nitrogens with two attached hydrogens (primary N) is 1. The quantitative estimate of drug-likeness (QED) is 0.807. The van der Waals surface area contributed by atoms with E-state index in [0.29, 0.717) is 15.6 Å². The predicted octanol–water partition coefficient (Wildman–Crippen LogP) is 2.47. The first-order chi connectivity index (χ1) is 9.54. The summed E-state index contributed by atoms with van der Waals surface area (Å²) in [6.45, 7) is 0. The van der Waals surface area contributed by atoms with Crippen molar-refractivity contribution >= 4 is 56.0 Å². The van der Waals surface area contributed by atoms with Crippen LogP contribution in [0.5, 0.6) is 0 Å². The van der Waals surface area contributed by atoms with Crippen molar-refractivity contribution in [3.05, 3.63) is 33.6 Å². The van der Waals surface area contributed by atoms with Crippen LogP contribution in [0.4, 0.5) is 5.13 Å². The molecule has 0 aliphatic heterocycles. The van der Waals surface area contributed by atoms with E-state index in [2.05, 4.69) is 26.2 Å². The van der Waals surface area contributed by atoms with Gasteiger partial charge in [0, 0.05) is 11.1 Å². The van der Waals surface area contributed by atoms with Crippen molar-refractivity contribution in [3.8, 4) is 0 Å². The molecule has 2 rings (SSSR count). The molecule has 0 aliphatic carbocycles. The van der Waals surface area contributed by atoms with Gasteiger partial charge in [-0.05, 0) is 28.1 Å². The second-order valence-corrected chi connectivity index (χ2v) is 6.29. The van der Waals surface area contributed by atoms with Crippen molar-refractivity contribution < 1.29 is 14.0 Å². The average molecular weight is 376 g/mol. The molecule has 0 unspecified atom stereocenters. The average Bonchev–Trinajstić information content (AvgIpc) is 2.98. The van der Waals surface area contributed by atoms with E-state index >= 15 is 0 Å². The molecule has 0 bridgehead atoms. The topological polar surface area (TPSA) is 98.2 Å². The van der Waals surface area contributed by atoms with E-state index in [1.807, 2.05) is 5.38 Å². The third-order valence-electron chi connectivity index (χ3n) is 2.06. The lowest BCUT2D eigenvalue weighted by molar-refractivity contribution is -0.115. The first kappa shape index (κ1) is 15.1. The van der Waals surface area contributed by atoms with Crippen LogP contribution < -0.4 is 11.1 Å². The number of aromatic nitrogens is 1. The zero-order chi connectivity index (χ0) is 14.5. The summed E-state index contributed by atoms with van der Waals surface area (Å²) in [5, 5.41) is 4.95. The molecule has 0 spiro atoms. The number of anilines is 1. The van der Waals surface area contributed by atoms with E-state index in [4.69, 9.17) is 10.2 Å². The van der Waals surface area contributed by atoms with Crippen molar-refractivity contribution in [2.75, 3.05) is 11.1 Å². The molecule has 20 heavy (non-hydrogen) atoms. The zero-order valence-corrected chi connectivity index (χ0v) is 13.3. The van der Waals surface area contributed by atoms with Gasteiger partial charge in [0.15, 0.2) is 15.6 Å². The minimum atomic E-state index is -0.360. The molecule has 6 nitrogen and oxygen atoms in total. The number of carbonyl (C=O) groups is 2. The summed E-state index contributed by atoms with van der Waals surface area (Å²) in [5.41, 5.74) is 5.83. The second kappa shape index (κ2) is 6.91. The molecule has 2 aromatic heterocycles. The van der Waals surface area contributed by atoms with E-state index in [9.17, 15) is 9.59 Å². The summed E-state index contributed by atoms with van der Waals surface area (Å²) < 4.78 is 5.63. The summed E-state index contributed by atoms with van der Waals surface area (Å²) in [5.74, 6) is 0.307. The van der Waals surface area contributed by atoms with Crippen molar-refractivity contribution in [2.45, 2.75) is 5.75 Å². The number of furan rings is 1. The maximum absolute atomic E-state index is 11.8. The molecule has 106 valence electrons. The van der Waals surface area contributed by atoms with Gasteiger partial charge in [-0.1, -0.05) is 0 Å². The molecule has 2 heterocycles. The van der Waals surface area contributed by atoms with E-state index in [-0.39, 0.29) is 23.3 Å². The van der Waals surface area contributed by atoms with Crippen molar-refractivity contribution in [2.24, 2.45) is 5.73 Å². The molecule has 0 atom stereocenters. The second-order valence-electron chi connectivity index (χ2n) is 3.66. The highest BCUT2D eigenvalue weighted by atomic mass is 79.9. The molecule has 3 N–H and O–H groups in total. The third kappa shape index (κ3) is 4.36. The maximum Gasteiger partial charge on any atom is 0.293 e. The number of primary amides is 1. The van der Waals surface area contributed by atoms with Crippen LogP contribution in [0.3, 0.4) is 0 Å². The Morgan fingerprint density at radius 1 is 1.50 bits per heavy atom. The molecule has 2 amide bonds. The van der Waals surface area contributed by atoms with Gasteiger partial charge in [0.05, 0.1) is 11.4 Å². The highest BCUT2D eigenvalue weighted by molar-refractivity contribution is 9.10. The number of carbonyl (C=O) groups excluding carboxylic acids is 2. The number of thioether (sulfide) groups is 1. The fraction of sp³-hybridized carbons (Fsp3) is 0.182. The molecular weight excluding hydrogens is 366 g/mol. The van der Waals surface area contributed by atoms with Crippen LogP contribution in [0.2, 0.25) is 0 Å². The molecule has 0 saturated heterocycles. The number of amides is 2. The van der Waals surface area contributed by atoms with Crippen LogP contribution in [0.25, 0.3) is 0 Å². The Labute approximate surface area is 131 Å². The highest BCUT2D eigenvalue weighted by Crippen LogP contribution is 2.21. The summed E-state index contributed by atoms with van der Waals surface area (Å²) in [7, 11) is 0. The molecule has 0 saturated carbocycles. The van der Waals surface area contributed by atoms with Crippen LogP contribution in [0.1, 0.15) is 16.2 Å². The Morgan fingerprint density at radius 2 is 2.30 bits per heavy atom. The van der Waals surface area contributed by atoms with Gasteiger partial charge in [-0.3, -0.25) is 14.9 Å².